The van der Waals surface area contributed by atoms with Crippen LogP contribution in [-0.2, 0) is 27.2 Å². The zero-order valence-corrected chi connectivity index (χ0v) is 30.5. The standard InChI is InChI=1S/C42H45ClN4O5/c1-29-38(42(50)47(33-10-4-3-5-11-33)34-13-15-36(48)16-14-34)26-40(44(29)2)39-25-32(43)12-17-37(39)41(49)46-27-31-9-7-6-8-30(31)24-35(46)28-52-23-20-45-18-21-51-22-19-45/h3-17,25,35,40,48H,18-24,26-28H2,1-2H3/t35-,40?/m0/s1. The van der Waals surface area contributed by atoms with E-state index in [-0.39, 0.29) is 29.6 Å². The van der Waals surface area contributed by atoms with Gasteiger partial charge in [-0.3, -0.25) is 19.4 Å². The van der Waals surface area contributed by atoms with E-state index in [1.165, 1.54) is 5.56 Å². The maximum atomic E-state index is 14.8. The highest BCUT2D eigenvalue weighted by Gasteiger charge is 2.38. The Kier molecular flexibility index (Phi) is 10.9. The Balaban J connectivity index is 1.15. The first-order chi connectivity index (χ1) is 25.3. The molecule has 0 aromatic heterocycles. The van der Waals surface area contributed by atoms with Crippen molar-refractivity contribution >= 4 is 34.8 Å². The van der Waals surface area contributed by atoms with Crippen molar-refractivity contribution in [3.05, 3.63) is 136 Å². The van der Waals surface area contributed by atoms with Gasteiger partial charge < -0.3 is 24.4 Å². The number of carbonyl (C=O) groups is 2. The molecule has 1 fully saturated rings. The van der Waals surface area contributed by atoms with Gasteiger partial charge in [-0.25, -0.2) is 0 Å². The van der Waals surface area contributed by atoms with E-state index in [0.29, 0.717) is 60.1 Å². The van der Waals surface area contributed by atoms with Crippen LogP contribution in [0.1, 0.15) is 46.4 Å². The fourth-order valence-electron chi connectivity index (χ4n) is 7.55. The van der Waals surface area contributed by atoms with E-state index < -0.39 is 0 Å². The predicted octanol–water partition coefficient (Wildman–Crippen LogP) is 6.98. The van der Waals surface area contributed by atoms with Crippen LogP contribution in [0, 0.1) is 0 Å². The van der Waals surface area contributed by atoms with Gasteiger partial charge in [0.15, 0.2) is 0 Å². The third kappa shape index (κ3) is 7.59. The van der Waals surface area contributed by atoms with Gasteiger partial charge in [0.2, 0.25) is 0 Å². The fourth-order valence-corrected chi connectivity index (χ4v) is 7.73. The van der Waals surface area contributed by atoms with E-state index in [1.807, 2.05) is 67.4 Å². The number of fused-ring (bicyclic) bond motifs is 1. The number of benzene rings is 4. The lowest BCUT2D eigenvalue weighted by Gasteiger charge is -2.38. The first-order valence-electron chi connectivity index (χ1n) is 17.9. The molecule has 0 saturated carbocycles. The van der Waals surface area contributed by atoms with Crippen LogP contribution in [0.3, 0.4) is 0 Å². The number of amides is 2. The summed E-state index contributed by atoms with van der Waals surface area (Å²) in [6, 6.07) is 29.5. The van der Waals surface area contributed by atoms with Crippen LogP contribution in [-0.4, -0.2) is 90.8 Å². The van der Waals surface area contributed by atoms with Crippen molar-refractivity contribution in [1.82, 2.24) is 14.7 Å². The monoisotopic (exact) mass is 720 g/mol. The number of hydrogen-bond donors (Lipinski definition) is 1. The highest BCUT2D eigenvalue weighted by molar-refractivity contribution is 6.30. The molecule has 0 spiro atoms. The van der Waals surface area contributed by atoms with E-state index in [2.05, 4.69) is 28.0 Å². The van der Waals surface area contributed by atoms with Crippen molar-refractivity contribution in [3.8, 4) is 5.75 Å². The molecule has 2 amide bonds. The van der Waals surface area contributed by atoms with Gasteiger partial charge in [-0.15, -0.1) is 0 Å². The van der Waals surface area contributed by atoms with Gasteiger partial charge in [-0.1, -0.05) is 54.1 Å². The summed E-state index contributed by atoms with van der Waals surface area (Å²) in [5, 5.41) is 10.5. The van der Waals surface area contributed by atoms with Crippen molar-refractivity contribution in [2.24, 2.45) is 0 Å². The number of halogens is 1. The summed E-state index contributed by atoms with van der Waals surface area (Å²) in [5.41, 5.74) is 6.54. The maximum absolute atomic E-state index is 14.8. The maximum Gasteiger partial charge on any atom is 0.260 e. The Morgan fingerprint density at radius 2 is 1.60 bits per heavy atom. The first-order valence-corrected chi connectivity index (χ1v) is 18.3. The second-order valence-electron chi connectivity index (χ2n) is 13.7. The second-order valence-corrected chi connectivity index (χ2v) is 14.1. The fraction of sp³-hybridized carbons (Fsp3) is 0.333. The van der Waals surface area contributed by atoms with Gasteiger partial charge in [-0.2, -0.15) is 0 Å². The normalized spacial score (nSPS) is 19.1. The number of ether oxygens (including phenoxy) is 2. The number of nitrogens with zero attached hydrogens (tertiary/aromatic N) is 4. The van der Waals surface area contributed by atoms with Gasteiger partial charge in [0, 0.05) is 72.9 Å². The van der Waals surface area contributed by atoms with Crippen molar-refractivity contribution in [1.29, 1.82) is 0 Å². The zero-order chi connectivity index (χ0) is 36.2. The lowest BCUT2D eigenvalue weighted by Crippen LogP contribution is -2.47. The Bertz CT molecular complexity index is 1930. The van der Waals surface area contributed by atoms with Crippen LogP contribution < -0.4 is 4.90 Å². The first kappa shape index (κ1) is 35.7. The number of carbonyl (C=O) groups excluding carboxylic acids is 2. The molecule has 7 rings (SSSR count). The lowest BCUT2D eigenvalue weighted by atomic mass is 9.91. The van der Waals surface area contributed by atoms with Crippen LogP contribution in [0.4, 0.5) is 11.4 Å². The number of phenols is 1. The molecule has 0 bridgehead atoms. The highest BCUT2D eigenvalue weighted by Crippen LogP contribution is 2.42. The van der Waals surface area contributed by atoms with E-state index in [9.17, 15) is 14.7 Å². The number of allylic oxidation sites excluding steroid dienone is 1. The molecule has 52 heavy (non-hydrogen) atoms. The lowest BCUT2D eigenvalue weighted by molar-refractivity contribution is -0.114. The molecular formula is C42H45ClN4O5. The Hall–Kier alpha value is -4.67. The third-order valence-electron chi connectivity index (χ3n) is 10.6. The van der Waals surface area contributed by atoms with Crippen molar-refractivity contribution in [3.63, 3.8) is 0 Å². The largest absolute Gasteiger partial charge is 0.508 e. The average Bonchev–Trinajstić information content (AvgIpc) is 3.47. The summed E-state index contributed by atoms with van der Waals surface area (Å²) in [7, 11) is 1.96. The molecule has 4 aromatic carbocycles. The van der Waals surface area contributed by atoms with E-state index in [1.54, 1.807) is 35.2 Å². The minimum absolute atomic E-state index is 0.0798. The summed E-state index contributed by atoms with van der Waals surface area (Å²) in [6.45, 7) is 7.59. The SMILES string of the molecule is CC1=C(C(=O)N(c2ccccc2)c2ccc(O)cc2)CC(c2cc(Cl)ccc2C(=O)N2Cc3ccccc3C[C@H]2COCCN2CCOCC2)N1C. The van der Waals surface area contributed by atoms with Gasteiger partial charge >= 0.3 is 0 Å². The molecule has 1 N–H and O–H groups in total. The van der Waals surface area contributed by atoms with E-state index >= 15 is 0 Å². The summed E-state index contributed by atoms with van der Waals surface area (Å²) < 4.78 is 11.7. The molecule has 3 heterocycles. The quantitative estimate of drug-likeness (QED) is 0.177. The predicted molar refractivity (Wildman–Crippen MR) is 203 cm³/mol. The molecule has 4 aromatic rings. The molecule has 270 valence electrons. The van der Waals surface area contributed by atoms with Gasteiger partial charge in [0.1, 0.15) is 5.75 Å². The minimum Gasteiger partial charge on any atom is -0.508 e. The number of anilines is 2. The number of morpholine rings is 1. The topological polar surface area (TPSA) is 85.8 Å². The molecule has 2 atom stereocenters. The Morgan fingerprint density at radius 3 is 2.35 bits per heavy atom. The summed E-state index contributed by atoms with van der Waals surface area (Å²) in [6.07, 6.45) is 1.09. The number of para-hydroxylation sites is 1. The second kappa shape index (κ2) is 15.9. The molecule has 1 unspecified atom stereocenters. The molecule has 1 saturated heterocycles. The van der Waals surface area contributed by atoms with Crippen LogP contribution in [0.15, 0.2) is 108 Å². The van der Waals surface area contributed by atoms with Gasteiger partial charge in [0.25, 0.3) is 11.8 Å². The molecule has 10 heteroatoms. The molecule has 0 aliphatic carbocycles. The number of phenolic OH excluding ortho intramolecular Hbond substituents is 1. The van der Waals surface area contributed by atoms with E-state index in [0.717, 1.165) is 49.7 Å². The molecule has 3 aliphatic heterocycles. The van der Waals surface area contributed by atoms with Crippen LogP contribution in [0.2, 0.25) is 5.02 Å². The van der Waals surface area contributed by atoms with Crippen LogP contribution >= 0.6 is 11.6 Å². The van der Waals surface area contributed by atoms with Crippen molar-refractivity contribution in [2.45, 2.75) is 38.4 Å². The smallest absolute Gasteiger partial charge is 0.260 e. The van der Waals surface area contributed by atoms with Gasteiger partial charge in [-0.05, 0) is 84.6 Å². The number of rotatable bonds is 10. The number of hydrogen-bond acceptors (Lipinski definition) is 7. The average molecular weight is 721 g/mol. The van der Waals surface area contributed by atoms with Crippen LogP contribution in [0.25, 0.3) is 0 Å². The zero-order valence-electron chi connectivity index (χ0n) is 29.7. The summed E-state index contributed by atoms with van der Waals surface area (Å²) >= 11 is 6.65. The number of aromatic hydroxyl groups is 1. The van der Waals surface area contributed by atoms with Gasteiger partial charge in [0.05, 0.1) is 38.5 Å². The Labute approximate surface area is 310 Å². The third-order valence-corrected chi connectivity index (χ3v) is 10.8. The van der Waals surface area contributed by atoms with E-state index in [4.69, 9.17) is 21.1 Å². The highest BCUT2D eigenvalue weighted by atomic mass is 35.5. The van der Waals surface area contributed by atoms with Crippen molar-refractivity contribution in [2.75, 3.05) is 58.0 Å². The summed E-state index contributed by atoms with van der Waals surface area (Å²) in [4.78, 5) is 37.4. The molecule has 0 radical (unpaired) electrons. The minimum atomic E-state index is -0.297. The summed E-state index contributed by atoms with van der Waals surface area (Å²) in [5.74, 6) is -0.123. The Morgan fingerprint density at radius 1 is 0.904 bits per heavy atom. The molecule has 3 aliphatic rings. The van der Waals surface area contributed by atoms with Crippen LogP contribution in [0.5, 0.6) is 5.75 Å². The van der Waals surface area contributed by atoms with Crippen molar-refractivity contribution < 1.29 is 24.2 Å². The molecular weight excluding hydrogens is 676 g/mol. The molecule has 9 nitrogen and oxygen atoms in total.